The van der Waals surface area contributed by atoms with Gasteiger partial charge in [-0.1, -0.05) is 0 Å². The highest BCUT2D eigenvalue weighted by Crippen LogP contribution is 2.26. The first-order valence-electron chi connectivity index (χ1n) is 6.31. The van der Waals surface area contributed by atoms with Crippen molar-refractivity contribution in [3.8, 4) is 0 Å². The minimum Gasteiger partial charge on any atom is -0.311 e. The smallest absolute Gasteiger partial charge is 0.311 e. The number of aromatic nitrogens is 3. The summed E-state index contributed by atoms with van der Waals surface area (Å²) in [6.45, 7) is 3.84. The molecule has 0 aliphatic carbocycles. The van der Waals surface area contributed by atoms with E-state index in [1.165, 1.54) is 0 Å². The van der Waals surface area contributed by atoms with Crippen molar-refractivity contribution in [3.05, 3.63) is 23.7 Å². The molecular weight excluding hydrogens is 291 g/mol. The number of rotatable bonds is 4. The molecule has 0 N–H and O–H groups in total. The number of pyridine rings is 1. The van der Waals surface area contributed by atoms with Crippen molar-refractivity contribution in [1.82, 2.24) is 14.5 Å². The SMILES string of the molecule is Cc1cnc2c(c1)nc(C(C)Cl)n2CCCC(F)(F)F. The van der Waals surface area contributed by atoms with Crippen LogP contribution in [0.3, 0.4) is 0 Å². The van der Waals surface area contributed by atoms with Crippen LogP contribution < -0.4 is 0 Å². The average molecular weight is 306 g/mol. The zero-order valence-electron chi connectivity index (χ0n) is 11.2. The van der Waals surface area contributed by atoms with Gasteiger partial charge in [0.2, 0.25) is 0 Å². The van der Waals surface area contributed by atoms with Gasteiger partial charge in [-0.2, -0.15) is 13.2 Å². The molecule has 1 atom stereocenters. The number of alkyl halides is 4. The van der Waals surface area contributed by atoms with Crippen molar-refractivity contribution in [1.29, 1.82) is 0 Å². The molecule has 20 heavy (non-hydrogen) atoms. The largest absolute Gasteiger partial charge is 0.389 e. The van der Waals surface area contributed by atoms with Crippen LogP contribution in [0.5, 0.6) is 0 Å². The molecule has 0 aliphatic rings. The molecule has 7 heteroatoms. The molecular formula is C13H15ClF3N3. The summed E-state index contributed by atoms with van der Waals surface area (Å²) < 4.78 is 38.4. The third-order valence-electron chi connectivity index (χ3n) is 2.95. The molecule has 0 amide bonds. The summed E-state index contributed by atoms with van der Waals surface area (Å²) >= 11 is 6.06. The van der Waals surface area contributed by atoms with Crippen LogP contribution in [0.25, 0.3) is 11.2 Å². The van der Waals surface area contributed by atoms with Crippen molar-refractivity contribution in [2.75, 3.05) is 0 Å². The zero-order chi connectivity index (χ0) is 14.9. The first-order valence-corrected chi connectivity index (χ1v) is 6.75. The highest BCUT2D eigenvalue weighted by Gasteiger charge is 2.26. The van der Waals surface area contributed by atoms with E-state index in [0.29, 0.717) is 17.0 Å². The Bertz CT molecular complexity index is 605. The van der Waals surface area contributed by atoms with Crippen LogP contribution in [-0.2, 0) is 6.54 Å². The Kier molecular flexibility index (Phi) is 4.22. The average Bonchev–Trinajstić information content (AvgIpc) is 2.66. The molecule has 2 aromatic rings. The van der Waals surface area contributed by atoms with E-state index in [9.17, 15) is 13.2 Å². The number of aryl methyl sites for hydroxylation is 2. The molecule has 0 saturated heterocycles. The van der Waals surface area contributed by atoms with E-state index in [4.69, 9.17) is 11.6 Å². The second kappa shape index (κ2) is 5.60. The van der Waals surface area contributed by atoms with E-state index in [1.54, 1.807) is 17.7 Å². The molecule has 3 nitrogen and oxygen atoms in total. The van der Waals surface area contributed by atoms with Gasteiger partial charge < -0.3 is 4.57 Å². The fraction of sp³-hybridized carbons (Fsp3) is 0.538. The molecule has 0 spiro atoms. The standard InChI is InChI=1S/C13H15ClF3N3/c1-8-6-10-12(18-7-8)20(11(19-10)9(2)14)5-3-4-13(15,16)17/h6-7,9H,3-5H2,1-2H3. The van der Waals surface area contributed by atoms with E-state index in [0.717, 1.165) is 5.56 Å². The molecule has 2 aromatic heterocycles. The molecule has 0 aromatic carbocycles. The lowest BCUT2D eigenvalue weighted by Gasteiger charge is -2.11. The molecule has 110 valence electrons. The minimum absolute atomic E-state index is 0.0128. The summed E-state index contributed by atoms with van der Waals surface area (Å²) in [5.41, 5.74) is 2.20. The highest BCUT2D eigenvalue weighted by atomic mass is 35.5. The third kappa shape index (κ3) is 3.42. The Morgan fingerprint density at radius 3 is 2.70 bits per heavy atom. The molecule has 0 radical (unpaired) electrons. The first-order chi connectivity index (χ1) is 9.28. The van der Waals surface area contributed by atoms with Crippen LogP contribution >= 0.6 is 11.6 Å². The minimum atomic E-state index is -4.15. The molecule has 2 heterocycles. The lowest BCUT2D eigenvalue weighted by molar-refractivity contribution is -0.135. The maximum absolute atomic E-state index is 12.2. The summed E-state index contributed by atoms with van der Waals surface area (Å²) in [5, 5.41) is -0.379. The number of imidazole rings is 1. The Balaban J connectivity index is 2.32. The topological polar surface area (TPSA) is 30.7 Å². The van der Waals surface area contributed by atoms with Crippen LogP contribution in [-0.4, -0.2) is 20.7 Å². The molecule has 0 bridgehead atoms. The van der Waals surface area contributed by atoms with Crippen molar-refractivity contribution in [2.45, 2.75) is 44.8 Å². The van der Waals surface area contributed by atoms with Gasteiger partial charge in [-0.25, -0.2) is 9.97 Å². The van der Waals surface area contributed by atoms with Gasteiger partial charge in [-0.15, -0.1) is 11.6 Å². The van der Waals surface area contributed by atoms with E-state index in [1.807, 2.05) is 13.0 Å². The second-order valence-electron chi connectivity index (χ2n) is 4.81. The molecule has 0 saturated carbocycles. The van der Waals surface area contributed by atoms with Gasteiger partial charge in [0.05, 0.1) is 5.38 Å². The van der Waals surface area contributed by atoms with E-state index < -0.39 is 12.6 Å². The van der Waals surface area contributed by atoms with Gasteiger partial charge in [0.1, 0.15) is 11.3 Å². The van der Waals surface area contributed by atoms with E-state index in [-0.39, 0.29) is 18.3 Å². The van der Waals surface area contributed by atoms with Crippen LogP contribution in [0, 0.1) is 6.92 Å². The number of fused-ring (bicyclic) bond motifs is 1. The lowest BCUT2D eigenvalue weighted by Crippen LogP contribution is -2.11. The molecule has 0 aliphatic heterocycles. The predicted octanol–water partition coefficient (Wildman–Crippen LogP) is 4.38. The molecule has 1 unspecified atom stereocenters. The summed E-state index contributed by atoms with van der Waals surface area (Å²) in [6.07, 6.45) is -3.31. The van der Waals surface area contributed by atoms with Crippen molar-refractivity contribution in [3.63, 3.8) is 0 Å². The Morgan fingerprint density at radius 1 is 1.40 bits per heavy atom. The highest BCUT2D eigenvalue weighted by molar-refractivity contribution is 6.20. The number of hydrogen-bond donors (Lipinski definition) is 0. The fourth-order valence-electron chi connectivity index (χ4n) is 2.09. The fourth-order valence-corrected chi connectivity index (χ4v) is 2.26. The lowest BCUT2D eigenvalue weighted by atomic mass is 10.3. The second-order valence-corrected chi connectivity index (χ2v) is 5.47. The van der Waals surface area contributed by atoms with Gasteiger partial charge >= 0.3 is 6.18 Å². The molecule has 2 rings (SSSR count). The summed E-state index contributed by atoms with van der Waals surface area (Å²) in [4.78, 5) is 8.63. The van der Waals surface area contributed by atoms with E-state index in [2.05, 4.69) is 9.97 Å². The van der Waals surface area contributed by atoms with Crippen LogP contribution in [0.4, 0.5) is 13.2 Å². The van der Waals surface area contributed by atoms with Gasteiger partial charge in [-0.05, 0) is 31.9 Å². The Morgan fingerprint density at radius 2 is 2.10 bits per heavy atom. The predicted molar refractivity (Wildman–Crippen MR) is 71.8 cm³/mol. The Labute approximate surface area is 119 Å². The quantitative estimate of drug-likeness (QED) is 0.785. The van der Waals surface area contributed by atoms with Crippen LogP contribution in [0.15, 0.2) is 12.3 Å². The third-order valence-corrected chi connectivity index (χ3v) is 3.14. The van der Waals surface area contributed by atoms with Crippen molar-refractivity contribution in [2.24, 2.45) is 0 Å². The van der Waals surface area contributed by atoms with Gasteiger partial charge in [0.25, 0.3) is 0 Å². The van der Waals surface area contributed by atoms with Crippen LogP contribution in [0.1, 0.15) is 36.5 Å². The summed E-state index contributed by atoms with van der Waals surface area (Å²) in [6, 6.07) is 1.85. The monoisotopic (exact) mass is 305 g/mol. The maximum atomic E-state index is 12.2. The van der Waals surface area contributed by atoms with Crippen LogP contribution in [0.2, 0.25) is 0 Å². The van der Waals surface area contributed by atoms with E-state index >= 15 is 0 Å². The summed E-state index contributed by atoms with van der Waals surface area (Å²) in [5.74, 6) is 0.557. The number of nitrogens with zero attached hydrogens (tertiary/aromatic N) is 3. The first kappa shape index (κ1) is 15.1. The van der Waals surface area contributed by atoms with Gasteiger partial charge in [0, 0.05) is 19.2 Å². The number of hydrogen-bond acceptors (Lipinski definition) is 2. The maximum Gasteiger partial charge on any atom is 0.389 e. The normalized spacial score (nSPS) is 13.9. The zero-order valence-corrected chi connectivity index (χ0v) is 12.0. The van der Waals surface area contributed by atoms with Crippen molar-refractivity contribution >= 4 is 22.8 Å². The van der Waals surface area contributed by atoms with Gasteiger partial charge in [0.15, 0.2) is 5.65 Å². The molecule has 0 fully saturated rings. The Hall–Kier alpha value is -1.30. The van der Waals surface area contributed by atoms with Crippen molar-refractivity contribution < 1.29 is 13.2 Å². The van der Waals surface area contributed by atoms with Gasteiger partial charge in [-0.3, -0.25) is 0 Å². The summed E-state index contributed by atoms with van der Waals surface area (Å²) in [7, 11) is 0. The number of halogens is 4.